The van der Waals surface area contributed by atoms with E-state index in [9.17, 15) is 4.79 Å². The zero-order valence-corrected chi connectivity index (χ0v) is 14.4. The van der Waals surface area contributed by atoms with Gasteiger partial charge in [-0.15, -0.1) is 12.4 Å². The van der Waals surface area contributed by atoms with E-state index in [1.165, 1.54) is 11.1 Å². The Morgan fingerprint density at radius 1 is 0.957 bits per heavy atom. The van der Waals surface area contributed by atoms with Crippen molar-refractivity contribution in [1.82, 2.24) is 4.90 Å². The zero-order valence-electron chi connectivity index (χ0n) is 13.6. The molecule has 0 saturated carbocycles. The van der Waals surface area contributed by atoms with E-state index in [2.05, 4.69) is 19.1 Å². The summed E-state index contributed by atoms with van der Waals surface area (Å²) in [7, 11) is 0. The second-order valence-electron chi connectivity index (χ2n) is 5.37. The predicted octanol–water partition coefficient (Wildman–Crippen LogP) is 3.31. The molecular formula is C19H25ClN2O. The van der Waals surface area contributed by atoms with Gasteiger partial charge in [-0.2, -0.15) is 0 Å². The molecule has 0 bridgehead atoms. The monoisotopic (exact) mass is 332 g/mol. The van der Waals surface area contributed by atoms with Crippen molar-refractivity contribution < 1.29 is 4.79 Å². The first-order valence-electron chi connectivity index (χ1n) is 7.86. The van der Waals surface area contributed by atoms with E-state index >= 15 is 0 Å². The van der Waals surface area contributed by atoms with Crippen LogP contribution in [0.3, 0.4) is 0 Å². The number of benzene rings is 2. The average molecular weight is 333 g/mol. The van der Waals surface area contributed by atoms with Crippen molar-refractivity contribution in [2.24, 2.45) is 5.73 Å². The Bertz CT molecular complexity index is 584. The second-order valence-corrected chi connectivity index (χ2v) is 5.37. The van der Waals surface area contributed by atoms with Gasteiger partial charge in [-0.1, -0.05) is 49.4 Å². The molecule has 4 heteroatoms. The topological polar surface area (TPSA) is 46.3 Å². The molecule has 0 aliphatic heterocycles. The molecule has 0 unspecified atom stereocenters. The third kappa shape index (κ3) is 5.70. The maximum atomic E-state index is 12.6. The summed E-state index contributed by atoms with van der Waals surface area (Å²) in [6.07, 6.45) is 1.83. The predicted molar refractivity (Wildman–Crippen MR) is 98.2 cm³/mol. The fraction of sp³-hybridized carbons (Fsp3) is 0.316. The lowest BCUT2D eigenvalue weighted by molar-refractivity contribution is 0.0762. The SMILES string of the molecule is CCc1ccc(C(=O)N(CCN)CCc2ccccc2)cc1.Cl. The molecule has 0 fully saturated rings. The van der Waals surface area contributed by atoms with Gasteiger partial charge < -0.3 is 10.6 Å². The molecule has 2 aromatic rings. The molecule has 0 aliphatic rings. The highest BCUT2D eigenvalue weighted by Crippen LogP contribution is 2.09. The van der Waals surface area contributed by atoms with Crippen molar-refractivity contribution in [2.75, 3.05) is 19.6 Å². The van der Waals surface area contributed by atoms with Crippen LogP contribution in [-0.2, 0) is 12.8 Å². The number of amides is 1. The highest BCUT2D eigenvalue weighted by Gasteiger charge is 2.14. The number of hydrogen-bond acceptors (Lipinski definition) is 2. The third-order valence-corrected chi connectivity index (χ3v) is 3.81. The summed E-state index contributed by atoms with van der Waals surface area (Å²) in [6, 6.07) is 18.1. The molecule has 2 rings (SSSR count). The Balaban J connectivity index is 0.00000264. The molecule has 124 valence electrons. The largest absolute Gasteiger partial charge is 0.337 e. The summed E-state index contributed by atoms with van der Waals surface area (Å²) in [5.41, 5.74) is 8.88. The van der Waals surface area contributed by atoms with Crippen molar-refractivity contribution in [3.8, 4) is 0 Å². The van der Waals surface area contributed by atoms with Gasteiger partial charge >= 0.3 is 0 Å². The number of nitrogens with two attached hydrogens (primary N) is 1. The minimum atomic E-state index is 0. The zero-order chi connectivity index (χ0) is 15.8. The number of carbonyl (C=O) groups excluding carboxylic acids is 1. The molecule has 0 aromatic heterocycles. The summed E-state index contributed by atoms with van der Waals surface area (Å²) < 4.78 is 0. The first-order valence-corrected chi connectivity index (χ1v) is 7.86. The van der Waals surface area contributed by atoms with Crippen LogP contribution in [0.4, 0.5) is 0 Å². The normalized spacial score (nSPS) is 10.0. The van der Waals surface area contributed by atoms with Crippen molar-refractivity contribution in [2.45, 2.75) is 19.8 Å². The minimum Gasteiger partial charge on any atom is -0.337 e. The molecule has 3 nitrogen and oxygen atoms in total. The van der Waals surface area contributed by atoms with Crippen LogP contribution in [0.5, 0.6) is 0 Å². The summed E-state index contributed by atoms with van der Waals surface area (Å²) in [6.45, 7) is 3.86. The molecule has 0 aliphatic carbocycles. The standard InChI is InChI=1S/C19H24N2O.ClH/c1-2-16-8-10-18(11-9-16)19(22)21(15-13-20)14-12-17-6-4-3-5-7-17;/h3-11H,2,12-15,20H2,1H3;1H. The van der Waals surface area contributed by atoms with Gasteiger partial charge in [-0.3, -0.25) is 4.79 Å². The van der Waals surface area contributed by atoms with E-state index in [1.807, 2.05) is 47.4 Å². The second kappa shape index (κ2) is 10.0. The maximum Gasteiger partial charge on any atom is 0.253 e. The number of nitrogens with zero attached hydrogens (tertiary/aromatic N) is 1. The lowest BCUT2D eigenvalue weighted by atomic mass is 10.1. The highest BCUT2D eigenvalue weighted by atomic mass is 35.5. The van der Waals surface area contributed by atoms with E-state index < -0.39 is 0 Å². The first kappa shape index (κ1) is 19.2. The third-order valence-electron chi connectivity index (χ3n) is 3.81. The van der Waals surface area contributed by atoms with Crippen LogP contribution in [0.2, 0.25) is 0 Å². The highest BCUT2D eigenvalue weighted by molar-refractivity contribution is 5.94. The Morgan fingerprint density at radius 2 is 1.61 bits per heavy atom. The summed E-state index contributed by atoms with van der Waals surface area (Å²) in [5.74, 6) is 0.0593. The van der Waals surface area contributed by atoms with Gasteiger partial charge in [-0.05, 0) is 36.1 Å². The van der Waals surface area contributed by atoms with Gasteiger partial charge in [0.15, 0.2) is 0 Å². The van der Waals surface area contributed by atoms with E-state index in [1.54, 1.807) is 0 Å². The average Bonchev–Trinajstić information content (AvgIpc) is 2.59. The Morgan fingerprint density at radius 3 is 2.17 bits per heavy atom. The summed E-state index contributed by atoms with van der Waals surface area (Å²) in [4.78, 5) is 14.5. The number of halogens is 1. The molecule has 23 heavy (non-hydrogen) atoms. The van der Waals surface area contributed by atoms with Crippen LogP contribution in [0.1, 0.15) is 28.4 Å². The summed E-state index contributed by atoms with van der Waals surface area (Å²) >= 11 is 0. The molecule has 0 radical (unpaired) electrons. The van der Waals surface area contributed by atoms with Gasteiger partial charge in [-0.25, -0.2) is 0 Å². The Kier molecular flexibility index (Phi) is 8.38. The van der Waals surface area contributed by atoms with E-state index in [0.29, 0.717) is 19.6 Å². The maximum absolute atomic E-state index is 12.6. The molecule has 0 saturated heterocycles. The first-order chi connectivity index (χ1) is 10.7. The fourth-order valence-electron chi connectivity index (χ4n) is 2.45. The lowest BCUT2D eigenvalue weighted by Crippen LogP contribution is -2.36. The van der Waals surface area contributed by atoms with Crippen molar-refractivity contribution in [3.05, 3.63) is 71.3 Å². The molecule has 0 atom stereocenters. The number of hydrogen-bond donors (Lipinski definition) is 1. The van der Waals surface area contributed by atoms with Crippen molar-refractivity contribution in [1.29, 1.82) is 0 Å². The molecule has 2 aromatic carbocycles. The molecular weight excluding hydrogens is 308 g/mol. The van der Waals surface area contributed by atoms with Gasteiger partial charge in [0.25, 0.3) is 5.91 Å². The van der Waals surface area contributed by atoms with Gasteiger partial charge in [0, 0.05) is 25.2 Å². The fourth-order valence-corrected chi connectivity index (χ4v) is 2.45. The van der Waals surface area contributed by atoms with Gasteiger partial charge in [0.05, 0.1) is 0 Å². The van der Waals surface area contributed by atoms with Gasteiger partial charge in [0.1, 0.15) is 0 Å². The smallest absolute Gasteiger partial charge is 0.253 e. The van der Waals surface area contributed by atoms with E-state index in [-0.39, 0.29) is 18.3 Å². The van der Waals surface area contributed by atoms with E-state index in [4.69, 9.17) is 5.73 Å². The quantitative estimate of drug-likeness (QED) is 0.845. The number of aryl methyl sites for hydroxylation is 1. The molecule has 0 heterocycles. The van der Waals surface area contributed by atoms with Crippen LogP contribution in [0.15, 0.2) is 54.6 Å². The van der Waals surface area contributed by atoms with Crippen LogP contribution >= 0.6 is 12.4 Å². The summed E-state index contributed by atoms with van der Waals surface area (Å²) in [5, 5.41) is 0. The van der Waals surface area contributed by atoms with Gasteiger partial charge in [0.2, 0.25) is 0 Å². The van der Waals surface area contributed by atoms with Crippen LogP contribution in [-0.4, -0.2) is 30.4 Å². The van der Waals surface area contributed by atoms with Crippen LogP contribution in [0, 0.1) is 0 Å². The van der Waals surface area contributed by atoms with E-state index in [0.717, 1.165) is 18.4 Å². The minimum absolute atomic E-state index is 0. The molecule has 1 amide bonds. The molecule has 0 spiro atoms. The molecule has 2 N–H and O–H groups in total. The number of rotatable bonds is 7. The number of carbonyl (C=O) groups is 1. The Labute approximate surface area is 144 Å². The van der Waals surface area contributed by atoms with Crippen LogP contribution in [0.25, 0.3) is 0 Å². The van der Waals surface area contributed by atoms with Crippen LogP contribution < -0.4 is 5.73 Å². The Hall–Kier alpha value is -1.84. The van der Waals surface area contributed by atoms with Crippen molar-refractivity contribution >= 4 is 18.3 Å². The van der Waals surface area contributed by atoms with Crippen molar-refractivity contribution in [3.63, 3.8) is 0 Å². The lowest BCUT2D eigenvalue weighted by Gasteiger charge is -2.22.